The number of amides is 1. The molecule has 1 aliphatic heterocycles. The van der Waals surface area contributed by atoms with Gasteiger partial charge in [-0.25, -0.2) is 0 Å². The number of fused-ring (bicyclic) bond motifs is 1. The van der Waals surface area contributed by atoms with Crippen LogP contribution >= 0.6 is 0 Å². The Morgan fingerprint density at radius 3 is 2.59 bits per heavy atom. The summed E-state index contributed by atoms with van der Waals surface area (Å²) in [6, 6.07) is 12.9. The van der Waals surface area contributed by atoms with E-state index in [1.807, 2.05) is 37.3 Å². The molecule has 6 nitrogen and oxygen atoms in total. The number of carbonyl (C=O) groups excluding carboxylic acids is 2. The van der Waals surface area contributed by atoms with E-state index in [0.717, 1.165) is 42.7 Å². The lowest BCUT2D eigenvalue weighted by molar-refractivity contribution is -0.143. The molecule has 0 saturated carbocycles. The average molecular weight is 396 g/mol. The van der Waals surface area contributed by atoms with Crippen LogP contribution in [0, 0.1) is 0 Å². The van der Waals surface area contributed by atoms with Crippen LogP contribution in [-0.4, -0.2) is 25.1 Å². The van der Waals surface area contributed by atoms with Crippen molar-refractivity contribution in [3.8, 4) is 5.75 Å². The van der Waals surface area contributed by atoms with Gasteiger partial charge in [0.15, 0.2) is 0 Å². The first-order valence-corrected chi connectivity index (χ1v) is 10.2. The van der Waals surface area contributed by atoms with E-state index in [0.29, 0.717) is 37.4 Å². The molecule has 0 unspecified atom stereocenters. The minimum absolute atomic E-state index is 0.0193. The molecule has 2 aromatic carbocycles. The Kier molecular flexibility index (Phi) is 7.11. The van der Waals surface area contributed by atoms with Gasteiger partial charge in [-0.15, -0.1) is 0 Å². The zero-order chi connectivity index (χ0) is 20.6. The van der Waals surface area contributed by atoms with Gasteiger partial charge < -0.3 is 20.1 Å². The van der Waals surface area contributed by atoms with Crippen molar-refractivity contribution in [2.45, 2.75) is 45.6 Å². The largest absolute Gasteiger partial charge is 0.493 e. The molecule has 0 saturated heterocycles. The standard InChI is InChI=1S/C23H28N2O4/c1-2-28-22(26)10-5-3-4-6-15-29-21-9-7-8-19-20(21)16-25(23(19)27)18-13-11-17(24)12-14-18/h7-9,11-14H,2-6,10,15-16,24H2,1H3. The van der Waals surface area contributed by atoms with Gasteiger partial charge in [0.1, 0.15) is 5.75 Å². The van der Waals surface area contributed by atoms with Crippen LogP contribution in [0.5, 0.6) is 5.75 Å². The number of anilines is 2. The first kappa shape index (κ1) is 20.7. The predicted octanol–water partition coefficient (Wildman–Crippen LogP) is 4.32. The summed E-state index contributed by atoms with van der Waals surface area (Å²) in [5, 5.41) is 0. The zero-order valence-corrected chi connectivity index (χ0v) is 16.9. The van der Waals surface area contributed by atoms with E-state index in [9.17, 15) is 9.59 Å². The van der Waals surface area contributed by atoms with Gasteiger partial charge in [-0.05, 0) is 56.2 Å². The molecule has 1 heterocycles. The third-order valence-electron chi connectivity index (χ3n) is 4.97. The van der Waals surface area contributed by atoms with Crippen molar-refractivity contribution in [2.75, 3.05) is 23.8 Å². The van der Waals surface area contributed by atoms with Gasteiger partial charge in [0.2, 0.25) is 0 Å². The molecule has 0 spiro atoms. The summed E-state index contributed by atoms with van der Waals surface area (Å²) >= 11 is 0. The van der Waals surface area contributed by atoms with Crippen LogP contribution in [0.3, 0.4) is 0 Å². The molecular formula is C23H28N2O4. The van der Waals surface area contributed by atoms with Gasteiger partial charge in [-0.2, -0.15) is 0 Å². The summed E-state index contributed by atoms with van der Waals surface area (Å²) < 4.78 is 10.9. The van der Waals surface area contributed by atoms with Gasteiger partial charge >= 0.3 is 5.97 Å². The predicted molar refractivity (Wildman–Crippen MR) is 113 cm³/mol. The van der Waals surface area contributed by atoms with Crippen molar-refractivity contribution in [2.24, 2.45) is 0 Å². The quantitative estimate of drug-likeness (QED) is 0.367. The second-order valence-corrected chi connectivity index (χ2v) is 7.08. The highest BCUT2D eigenvalue weighted by Crippen LogP contribution is 2.34. The third kappa shape index (κ3) is 5.28. The lowest BCUT2D eigenvalue weighted by Gasteiger charge is -2.16. The number of nitrogen functional groups attached to an aromatic ring is 1. The van der Waals surface area contributed by atoms with Crippen LogP contribution in [0.25, 0.3) is 0 Å². The number of ether oxygens (including phenoxy) is 2. The number of rotatable bonds is 10. The van der Waals surface area contributed by atoms with E-state index < -0.39 is 0 Å². The van der Waals surface area contributed by atoms with E-state index in [-0.39, 0.29) is 11.9 Å². The van der Waals surface area contributed by atoms with E-state index >= 15 is 0 Å². The monoisotopic (exact) mass is 396 g/mol. The minimum atomic E-state index is -0.126. The molecule has 154 valence electrons. The van der Waals surface area contributed by atoms with Crippen molar-refractivity contribution in [3.63, 3.8) is 0 Å². The van der Waals surface area contributed by atoms with Crippen LogP contribution in [0.4, 0.5) is 11.4 Å². The molecule has 0 atom stereocenters. The zero-order valence-electron chi connectivity index (χ0n) is 16.9. The van der Waals surface area contributed by atoms with Crippen LogP contribution in [0.1, 0.15) is 54.9 Å². The Labute approximate surface area is 171 Å². The van der Waals surface area contributed by atoms with Gasteiger partial charge in [0.05, 0.1) is 19.8 Å². The molecule has 2 N–H and O–H groups in total. The first-order chi connectivity index (χ1) is 14.1. The van der Waals surface area contributed by atoms with E-state index in [2.05, 4.69) is 0 Å². The number of hydrogen-bond acceptors (Lipinski definition) is 5. The molecule has 0 bridgehead atoms. The number of esters is 1. The third-order valence-corrected chi connectivity index (χ3v) is 4.97. The van der Waals surface area contributed by atoms with Gasteiger partial charge in [0.25, 0.3) is 5.91 Å². The summed E-state index contributed by atoms with van der Waals surface area (Å²) in [6.07, 6.45) is 4.18. The topological polar surface area (TPSA) is 81.9 Å². The average Bonchev–Trinajstić information content (AvgIpc) is 3.05. The van der Waals surface area contributed by atoms with Crippen LogP contribution in [0.2, 0.25) is 0 Å². The molecule has 0 aliphatic carbocycles. The molecule has 0 aromatic heterocycles. The highest BCUT2D eigenvalue weighted by atomic mass is 16.5. The highest BCUT2D eigenvalue weighted by Gasteiger charge is 2.30. The molecular weight excluding hydrogens is 368 g/mol. The minimum Gasteiger partial charge on any atom is -0.493 e. The Morgan fingerprint density at radius 2 is 1.83 bits per heavy atom. The maximum Gasteiger partial charge on any atom is 0.305 e. The lowest BCUT2D eigenvalue weighted by Crippen LogP contribution is -2.22. The smallest absolute Gasteiger partial charge is 0.305 e. The fraction of sp³-hybridized carbons (Fsp3) is 0.391. The number of unbranched alkanes of at least 4 members (excludes halogenated alkanes) is 3. The van der Waals surface area contributed by atoms with Crippen molar-refractivity contribution < 1.29 is 19.1 Å². The summed E-state index contributed by atoms with van der Waals surface area (Å²) in [6.45, 7) is 3.34. The van der Waals surface area contributed by atoms with Crippen LogP contribution in [0.15, 0.2) is 42.5 Å². The molecule has 6 heteroatoms. The molecule has 1 amide bonds. The number of nitrogens with two attached hydrogens (primary N) is 1. The summed E-state index contributed by atoms with van der Waals surface area (Å²) in [5.74, 6) is 0.619. The Bertz CT molecular complexity index is 848. The molecule has 1 aliphatic rings. The second-order valence-electron chi connectivity index (χ2n) is 7.08. The van der Waals surface area contributed by atoms with Crippen molar-refractivity contribution in [1.29, 1.82) is 0 Å². The Balaban J connectivity index is 1.49. The molecule has 2 aromatic rings. The number of carbonyl (C=O) groups is 2. The van der Waals surface area contributed by atoms with Gasteiger partial charge in [-0.1, -0.05) is 18.9 Å². The number of hydrogen-bond donors (Lipinski definition) is 1. The number of benzene rings is 2. The van der Waals surface area contributed by atoms with Gasteiger partial charge in [-0.3, -0.25) is 9.59 Å². The van der Waals surface area contributed by atoms with Crippen molar-refractivity contribution in [1.82, 2.24) is 0 Å². The molecule has 0 fully saturated rings. The molecule has 3 rings (SSSR count). The Hall–Kier alpha value is -3.02. The summed E-state index contributed by atoms with van der Waals surface area (Å²) in [4.78, 5) is 25.8. The molecule has 0 radical (unpaired) electrons. The SMILES string of the molecule is CCOC(=O)CCCCCCOc1cccc2c1CN(c1ccc(N)cc1)C2=O. The Morgan fingerprint density at radius 1 is 1.07 bits per heavy atom. The van der Waals surface area contributed by atoms with E-state index in [1.165, 1.54) is 0 Å². The summed E-state index contributed by atoms with van der Waals surface area (Å²) in [7, 11) is 0. The lowest BCUT2D eigenvalue weighted by atomic mass is 10.1. The fourth-order valence-corrected chi connectivity index (χ4v) is 3.44. The normalized spacial score (nSPS) is 12.7. The maximum atomic E-state index is 12.8. The van der Waals surface area contributed by atoms with Gasteiger partial charge in [0, 0.05) is 28.9 Å². The van der Waals surface area contributed by atoms with E-state index in [1.54, 1.807) is 17.0 Å². The fourth-order valence-electron chi connectivity index (χ4n) is 3.44. The van der Waals surface area contributed by atoms with Crippen LogP contribution in [-0.2, 0) is 16.1 Å². The summed E-state index contributed by atoms with van der Waals surface area (Å²) in [5.41, 5.74) is 8.86. The maximum absolute atomic E-state index is 12.8. The highest BCUT2D eigenvalue weighted by molar-refractivity contribution is 6.10. The second kappa shape index (κ2) is 9.96. The molecule has 29 heavy (non-hydrogen) atoms. The van der Waals surface area contributed by atoms with Crippen LogP contribution < -0.4 is 15.4 Å². The first-order valence-electron chi connectivity index (χ1n) is 10.2. The number of nitrogens with zero attached hydrogens (tertiary/aromatic N) is 1. The van der Waals surface area contributed by atoms with Crippen molar-refractivity contribution >= 4 is 23.3 Å². The van der Waals surface area contributed by atoms with Crippen molar-refractivity contribution in [3.05, 3.63) is 53.6 Å². The van der Waals surface area contributed by atoms with E-state index in [4.69, 9.17) is 15.2 Å².